The predicted molar refractivity (Wildman–Crippen MR) is 63.7 cm³/mol. The second-order valence-corrected chi connectivity index (χ2v) is 3.84. The van der Waals surface area contributed by atoms with Gasteiger partial charge in [-0.05, 0) is 6.07 Å². The van der Waals surface area contributed by atoms with Crippen molar-refractivity contribution in [2.75, 3.05) is 25.6 Å². The Hall–Kier alpha value is -2.32. The molecule has 6 nitrogen and oxygen atoms in total. The van der Waals surface area contributed by atoms with Crippen LogP contribution >= 0.6 is 0 Å². The summed E-state index contributed by atoms with van der Waals surface area (Å²) in [5, 5.41) is 10.8. The third-order valence-corrected chi connectivity index (χ3v) is 2.49. The Morgan fingerprint density at radius 2 is 2.10 bits per heavy atom. The molecule has 0 heterocycles. The third kappa shape index (κ3) is 3.37. The molecule has 1 aromatic rings. The lowest BCUT2D eigenvalue weighted by molar-refractivity contribution is -0.384. The molecule has 110 valence electrons. The van der Waals surface area contributed by atoms with Gasteiger partial charge in [-0.1, -0.05) is 0 Å². The Labute approximate surface area is 111 Å². The quantitative estimate of drug-likeness (QED) is 0.472. The maximum Gasteiger partial charge on any atom is 0.340 e. The summed E-state index contributed by atoms with van der Waals surface area (Å²) in [7, 11) is 2.18. The molecule has 0 saturated heterocycles. The van der Waals surface area contributed by atoms with E-state index >= 15 is 0 Å². The number of halogens is 3. The molecule has 0 N–H and O–H groups in total. The number of alkyl halides is 2. The fourth-order valence-corrected chi connectivity index (χ4v) is 1.58. The number of hydrogen-bond donors (Lipinski definition) is 0. The van der Waals surface area contributed by atoms with Crippen LogP contribution in [0.25, 0.3) is 0 Å². The normalized spacial score (nSPS) is 10.5. The van der Waals surface area contributed by atoms with Crippen molar-refractivity contribution in [3.63, 3.8) is 0 Å². The van der Waals surface area contributed by atoms with E-state index in [1.54, 1.807) is 0 Å². The number of carbonyl (C=O) groups excluding carboxylic acids is 1. The molecule has 1 rings (SSSR count). The van der Waals surface area contributed by atoms with Gasteiger partial charge in [-0.25, -0.2) is 18.0 Å². The van der Waals surface area contributed by atoms with E-state index in [-0.39, 0.29) is 5.69 Å². The van der Waals surface area contributed by atoms with Gasteiger partial charge in [0.15, 0.2) is 0 Å². The van der Waals surface area contributed by atoms with E-state index in [1.165, 1.54) is 7.05 Å². The summed E-state index contributed by atoms with van der Waals surface area (Å²) >= 11 is 0. The Kier molecular flexibility index (Phi) is 4.89. The van der Waals surface area contributed by atoms with Crippen LogP contribution in [-0.2, 0) is 4.74 Å². The second kappa shape index (κ2) is 6.22. The van der Waals surface area contributed by atoms with Crippen LogP contribution in [0.2, 0.25) is 0 Å². The largest absolute Gasteiger partial charge is 0.465 e. The summed E-state index contributed by atoms with van der Waals surface area (Å²) in [4.78, 5) is 22.1. The number of nitro benzene ring substituents is 1. The Morgan fingerprint density at radius 3 is 2.55 bits per heavy atom. The lowest BCUT2D eigenvalue weighted by Crippen LogP contribution is -2.25. The van der Waals surface area contributed by atoms with Crippen molar-refractivity contribution in [1.82, 2.24) is 0 Å². The van der Waals surface area contributed by atoms with E-state index in [0.29, 0.717) is 6.07 Å². The maximum atomic E-state index is 13.6. The van der Waals surface area contributed by atoms with Crippen molar-refractivity contribution in [2.24, 2.45) is 0 Å². The molecule has 1 aromatic carbocycles. The number of hydrogen-bond acceptors (Lipinski definition) is 5. The van der Waals surface area contributed by atoms with Crippen LogP contribution in [0.4, 0.5) is 24.5 Å². The zero-order valence-electron chi connectivity index (χ0n) is 10.6. The van der Waals surface area contributed by atoms with Crippen LogP contribution in [0.15, 0.2) is 12.1 Å². The molecule has 0 unspecified atom stereocenters. The van der Waals surface area contributed by atoms with Gasteiger partial charge in [0.25, 0.3) is 12.1 Å². The van der Waals surface area contributed by atoms with E-state index in [0.717, 1.165) is 18.1 Å². The van der Waals surface area contributed by atoms with E-state index in [9.17, 15) is 28.1 Å². The highest BCUT2D eigenvalue weighted by Gasteiger charge is 2.25. The van der Waals surface area contributed by atoms with Crippen molar-refractivity contribution >= 4 is 17.3 Å². The zero-order chi connectivity index (χ0) is 15.4. The van der Waals surface area contributed by atoms with Crippen molar-refractivity contribution in [2.45, 2.75) is 6.43 Å². The smallest absolute Gasteiger partial charge is 0.340 e. The Balaban J connectivity index is 3.37. The number of benzene rings is 1. The van der Waals surface area contributed by atoms with Crippen molar-refractivity contribution in [1.29, 1.82) is 0 Å². The fourth-order valence-electron chi connectivity index (χ4n) is 1.58. The monoisotopic (exact) mass is 292 g/mol. The van der Waals surface area contributed by atoms with Gasteiger partial charge in [0.2, 0.25) is 0 Å². The number of methoxy groups -OCH3 is 1. The molecule has 20 heavy (non-hydrogen) atoms. The molecule has 0 aliphatic heterocycles. The minimum atomic E-state index is -2.74. The Bertz CT molecular complexity index is 537. The average molecular weight is 292 g/mol. The van der Waals surface area contributed by atoms with E-state index < -0.39 is 40.9 Å². The number of carbonyl (C=O) groups is 1. The first-order chi connectivity index (χ1) is 9.27. The number of anilines is 1. The zero-order valence-corrected chi connectivity index (χ0v) is 10.6. The molecular formula is C11H11F3N2O4. The SMILES string of the molecule is COC(=O)c1cc(N(C)CC(F)F)c([N+](=O)[O-])cc1F. The molecule has 0 atom stereocenters. The standard InChI is InChI=1S/C11H11F3N2O4/c1-15(5-10(13)14)8-3-6(11(17)20-2)7(12)4-9(8)16(18)19/h3-4,10H,5H2,1-2H3. The van der Waals surface area contributed by atoms with Crippen molar-refractivity contribution < 1.29 is 27.6 Å². The summed E-state index contributed by atoms with van der Waals surface area (Å²) in [6.45, 7) is -0.799. The number of nitro groups is 1. The second-order valence-electron chi connectivity index (χ2n) is 3.84. The highest BCUT2D eigenvalue weighted by molar-refractivity contribution is 5.92. The van der Waals surface area contributed by atoms with Gasteiger partial charge in [0, 0.05) is 7.05 Å². The molecule has 0 amide bonds. The third-order valence-electron chi connectivity index (χ3n) is 2.49. The lowest BCUT2D eigenvalue weighted by Gasteiger charge is -2.19. The minimum absolute atomic E-state index is 0.294. The molecule has 0 aliphatic rings. The lowest BCUT2D eigenvalue weighted by atomic mass is 10.1. The van der Waals surface area contributed by atoms with E-state index in [1.807, 2.05) is 0 Å². The van der Waals surface area contributed by atoms with Gasteiger partial charge in [-0.2, -0.15) is 0 Å². The highest BCUT2D eigenvalue weighted by atomic mass is 19.3. The van der Waals surface area contributed by atoms with Gasteiger partial charge < -0.3 is 9.64 Å². The van der Waals surface area contributed by atoms with Gasteiger partial charge in [-0.3, -0.25) is 10.1 Å². The molecule has 0 radical (unpaired) electrons. The molecule has 0 aromatic heterocycles. The summed E-state index contributed by atoms with van der Waals surface area (Å²) in [6, 6.07) is 1.32. The first-order valence-electron chi connectivity index (χ1n) is 5.33. The van der Waals surface area contributed by atoms with Crippen LogP contribution < -0.4 is 4.90 Å². The summed E-state index contributed by atoms with van der Waals surface area (Å²) < 4.78 is 42.6. The van der Waals surface area contributed by atoms with Crippen LogP contribution in [0.1, 0.15) is 10.4 Å². The van der Waals surface area contributed by atoms with Crippen LogP contribution in [0.3, 0.4) is 0 Å². The van der Waals surface area contributed by atoms with Crippen LogP contribution in [0, 0.1) is 15.9 Å². The number of ether oxygens (including phenoxy) is 1. The van der Waals surface area contributed by atoms with Crippen LogP contribution in [-0.4, -0.2) is 38.0 Å². The molecule has 9 heteroatoms. The fraction of sp³-hybridized carbons (Fsp3) is 0.364. The molecule has 0 spiro atoms. The topological polar surface area (TPSA) is 72.7 Å². The predicted octanol–water partition coefficient (Wildman–Crippen LogP) is 2.22. The highest BCUT2D eigenvalue weighted by Crippen LogP contribution is 2.31. The van der Waals surface area contributed by atoms with E-state index in [4.69, 9.17) is 0 Å². The van der Waals surface area contributed by atoms with Gasteiger partial charge in [0.05, 0.1) is 30.2 Å². The van der Waals surface area contributed by atoms with Crippen molar-refractivity contribution in [3.8, 4) is 0 Å². The molecule has 0 fully saturated rings. The first-order valence-corrected chi connectivity index (χ1v) is 5.33. The average Bonchev–Trinajstić information content (AvgIpc) is 2.36. The van der Waals surface area contributed by atoms with Crippen molar-refractivity contribution in [3.05, 3.63) is 33.6 Å². The first kappa shape index (κ1) is 15.7. The van der Waals surface area contributed by atoms with Gasteiger partial charge >= 0.3 is 5.97 Å². The minimum Gasteiger partial charge on any atom is -0.465 e. The number of nitrogens with zero attached hydrogens (tertiary/aromatic N) is 2. The summed E-state index contributed by atoms with van der Waals surface area (Å²) in [5.41, 5.74) is -1.57. The summed E-state index contributed by atoms with van der Waals surface area (Å²) in [5.74, 6) is -2.21. The maximum absolute atomic E-state index is 13.6. The Morgan fingerprint density at radius 1 is 1.50 bits per heavy atom. The number of rotatable bonds is 5. The van der Waals surface area contributed by atoms with Gasteiger partial charge in [0.1, 0.15) is 11.5 Å². The van der Waals surface area contributed by atoms with E-state index in [2.05, 4.69) is 4.74 Å². The van der Waals surface area contributed by atoms with Crippen LogP contribution in [0.5, 0.6) is 0 Å². The number of esters is 1. The summed E-state index contributed by atoms with van der Waals surface area (Å²) in [6.07, 6.45) is -2.74. The molecular weight excluding hydrogens is 281 g/mol. The van der Waals surface area contributed by atoms with Gasteiger partial charge in [-0.15, -0.1) is 0 Å². The molecule has 0 bridgehead atoms. The molecule has 0 saturated carbocycles. The molecule has 0 aliphatic carbocycles.